The first-order valence-electron chi connectivity index (χ1n) is 15.2. The Kier molecular flexibility index (Phi) is 8.96. The lowest BCUT2D eigenvalue weighted by molar-refractivity contribution is 0.0862. The Balaban J connectivity index is 1.33. The first-order chi connectivity index (χ1) is 19.1. The molecule has 2 saturated heterocycles. The molecule has 2 atom stereocenters. The molecule has 3 heterocycles. The van der Waals surface area contributed by atoms with Crippen LogP contribution in [0.15, 0.2) is 42.5 Å². The van der Waals surface area contributed by atoms with Crippen molar-refractivity contribution in [3.8, 4) is 0 Å². The van der Waals surface area contributed by atoms with Gasteiger partial charge in [-0.1, -0.05) is 35.9 Å². The SMILES string of the molecule is C=C(C)CN1CCC2(CCCN(c3cc(F)c(C4c5ccc(C)cc5CCN4CC(C)F)c(F)c3)CCC2)CC1. The summed E-state index contributed by atoms with van der Waals surface area (Å²) in [5, 5.41) is 0. The second kappa shape index (κ2) is 12.3. The van der Waals surface area contributed by atoms with E-state index in [4.69, 9.17) is 0 Å². The standard InChI is InChI=1S/C34H46F3N3/c1-24(2)22-38-17-12-34(13-18-38)10-5-14-39(15-6-11-34)28-20-30(36)32(31(37)21-28)33-29-8-7-25(3)19-27(29)9-16-40(33)23-26(4)35/h7-8,19-21,26,33H,1,5-6,9-18,22-23H2,2-4H3. The highest BCUT2D eigenvalue weighted by atomic mass is 19.1. The number of likely N-dealkylation sites (tertiary alicyclic amines) is 1. The number of hydrogen-bond acceptors (Lipinski definition) is 3. The molecule has 2 fully saturated rings. The van der Waals surface area contributed by atoms with E-state index in [0.29, 0.717) is 17.6 Å². The van der Waals surface area contributed by atoms with Gasteiger partial charge in [0.05, 0.1) is 6.04 Å². The molecule has 2 aromatic carbocycles. The maximum absolute atomic E-state index is 15.9. The molecule has 40 heavy (non-hydrogen) atoms. The lowest BCUT2D eigenvalue weighted by Gasteiger charge is -2.44. The molecule has 0 saturated carbocycles. The minimum Gasteiger partial charge on any atom is -0.371 e. The van der Waals surface area contributed by atoms with Gasteiger partial charge in [0.25, 0.3) is 0 Å². The number of hydrogen-bond donors (Lipinski definition) is 0. The molecule has 0 bridgehead atoms. The van der Waals surface area contributed by atoms with E-state index in [1.165, 1.54) is 50.3 Å². The van der Waals surface area contributed by atoms with Crippen molar-refractivity contribution in [2.24, 2.45) is 5.41 Å². The first-order valence-corrected chi connectivity index (χ1v) is 15.2. The molecular weight excluding hydrogens is 507 g/mol. The molecule has 0 aromatic heterocycles. The van der Waals surface area contributed by atoms with E-state index >= 15 is 8.78 Å². The third-order valence-electron chi connectivity index (χ3n) is 9.50. The average molecular weight is 554 g/mol. The normalized spacial score (nSPS) is 22.9. The summed E-state index contributed by atoms with van der Waals surface area (Å²) in [7, 11) is 0. The zero-order chi connectivity index (χ0) is 28.4. The maximum atomic E-state index is 15.9. The number of benzene rings is 2. The van der Waals surface area contributed by atoms with Gasteiger partial charge >= 0.3 is 0 Å². The molecule has 0 radical (unpaired) electrons. The van der Waals surface area contributed by atoms with Crippen molar-refractivity contribution in [2.75, 3.05) is 50.7 Å². The Bertz CT molecular complexity index is 1170. The molecule has 6 heteroatoms. The second-order valence-electron chi connectivity index (χ2n) is 12.9. The van der Waals surface area contributed by atoms with Crippen LogP contribution in [0.5, 0.6) is 0 Å². The van der Waals surface area contributed by atoms with Crippen molar-refractivity contribution in [2.45, 2.75) is 77.9 Å². The fourth-order valence-electron chi connectivity index (χ4n) is 7.53. The third-order valence-corrected chi connectivity index (χ3v) is 9.50. The highest BCUT2D eigenvalue weighted by molar-refractivity contribution is 5.52. The molecule has 2 unspecified atom stereocenters. The van der Waals surface area contributed by atoms with Crippen LogP contribution < -0.4 is 4.90 Å². The molecule has 0 N–H and O–H groups in total. The van der Waals surface area contributed by atoms with Crippen LogP contribution in [-0.2, 0) is 6.42 Å². The van der Waals surface area contributed by atoms with E-state index < -0.39 is 23.8 Å². The van der Waals surface area contributed by atoms with Crippen LogP contribution in [0.25, 0.3) is 0 Å². The predicted molar refractivity (Wildman–Crippen MR) is 159 cm³/mol. The van der Waals surface area contributed by atoms with Gasteiger partial charge in [0.15, 0.2) is 0 Å². The molecule has 3 aliphatic rings. The van der Waals surface area contributed by atoms with E-state index in [2.05, 4.69) is 29.4 Å². The van der Waals surface area contributed by atoms with Crippen LogP contribution >= 0.6 is 0 Å². The van der Waals surface area contributed by atoms with Crippen molar-refractivity contribution in [3.05, 3.63) is 76.4 Å². The Labute approximate surface area is 239 Å². The number of rotatable bonds is 6. The fraction of sp³-hybridized carbons (Fsp3) is 0.588. The van der Waals surface area contributed by atoms with Gasteiger partial charge < -0.3 is 4.90 Å². The Hall–Kier alpha value is -2.31. The van der Waals surface area contributed by atoms with E-state index in [1.54, 1.807) is 0 Å². The number of aryl methyl sites for hydroxylation is 1. The summed E-state index contributed by atoms with van der Waals surface area (Å²) < 4.78 is 46.0. The molecule has 5 rings (SSSR count). The van der Waals surface area contributed by atoms with Crippen LogP contribution in [0.3, 0.4) is 0 Å². The zero-order valence-corrected chi connectivity index (χ0v) is 24.6. The van der Waals surface area contributed by atoms with Crippen LogP contribution in [0.4, 0.5) is 18.9 Å². The summed E-state index contributed by atoms with van der Waals surface area (Å²) in [6, 6.07) is 8.46. The van der Waals surface area contributed by atoms with E-state index in [0.717, 1.165) is 68.7 Å². The summed E-state index contributed by atoms with van der Waals surface area (Å²) in [6.45, 7) is 15.3. The summed E-state index contributed by atoms with van der Waals surface area (Å²) in [5.41, 5.74) is 5.40. The third kappa shape index (κ3) is 6.44. The molecule has 2 aromatic rings. The number of anilines is 1. The van der Waals surface area contributed by atoms with E-state index in [1.807, 2.05) is 24.0 Å². The monoisotopic (exact) mass is 553 g/mol. The Morgan fingerprint density at radius 3 is 2.23 bits per heavy atom. The van der Waals surface area contributed by atoms with Gasteiger partial charge in [-0.3, -0.25) is 9.80 Å². The molecule has 3 nitrogen and oxygen atoms in total. The highest BCUT2D eigenvalue weighted by Crippen LogP contribution is 2.43. The van der Waals surface area contributed by atoms with Crippen LogP contribution in [0, 0.1) is 24.0 Å². The number of halogens is 3. The summed E-state index contributed by atoms with van der Waals surface area (Å²) in [5.74, 6) is -1.07. The topological polar surface area (TPSA) is 9.72 Å². The quantitative estimate of drug-likeness (QED) is 0.341. The Morgan fingerprint density at radius 2 is 1.62 bits per heavy atom. The van der Waals surface area contributed by atoms with Crippen LogP contribution in [-0.4, -0.2) is 61.8 Å². The molecular formula is C34H46F3N3. The van der Waals surface area contributed by atoms with Crippen molar-refractivity contribution in [1.29, 1.82) is 0 Å². The summed E-state index contributed by atoms with van der Waals surface area (Å²) in [6.07, 6.45) is 6.53. The zero-order valence-electron chi connectivity index (χ0n) is 24.6. The summed E-state index contributed by atoms with van der Waals surface area (Å²) >= 11 is 0. The average Bonchev–Trinajstić information content (AvgIpc) is 2.87. The number of nitrogens with zero attached hydrogens (tertiary/aromatic N) is 3. The van der Waals surface area contributed by atoms with E-state index in [-0.39, 0.29) is 12.1 Å². The second-order valence-corrected chi connectivity index (χ2v) is 12.9. The molecule has 0 aliphatic carbocycles. The lowest BCUT2D eigenvalue weighted by atomic mass is 9.71. The number of piperidine rings is 1. The molecule has 1 spiro atoms. The largest absolute Gasteiger partial charge is 0.371 e. The number of alkyl halides is 1. The van der Waals surface area contributed by atoms with Gasteiger partial charge in [0.2, 0.25) is 0 Å². The lowest BCUT2D eigenvalue weighted by Crippen LogP contribution is -2.42. The van der Waals surface area contributed by atoms with Gasteiger partial charge in [0.1, 0.15) is 17.8 Å². The Morgan fingerprint density at radius 1 is 0.975 bits per heavy atom. The molecule has 3 aliphatic heterocycles. The molecule has 218 valence electrons. The maximum Gasteiger partial charge on any atom is 0.133 e. The van der Waals surface area contributed by atoms with Gasteiger partial charge in [-0.2, -0.15) is 0 Å². The van der Waals surface area contributed by atoms with Gasteiger partial charge in [-0.25, -0.2) is 13.2 Å². The minimum atomic E-state index is -1.08. The molecule has 0 amide bonds. The van der Waals surface area contributed by atoms with Gasteiger partial charge in [0, 0.05) is 44.0 Å². The number of fused-ring (bicyclic) bond motifs is 1. The van der Waals surface area contributed by atoms with Crippen molar-refractivity contribution in [3.63, 3.8) is 0 Å². The minimum absolute atomic E-state index is 0.0433. The van der Waals surface area contributed by atoms with E-state index in [9.17, 15) is 4.39 Å². The smallest absolute Gasteiger partial charge is 0.133 e. The van der Waals surface area contributed by atoms with Crippen molar-refractivity contribution >= 4 is 5.69 Å². The van der Waals surface area contributed by atoms with Crippen LogP contribution in [0.2, 0.25) is 0 Å². The predicted octanol–water partition coefficient (Wildman–Crippen LogP) is 7.62. The van der Waals surface area contributed by atoms with Crippen molar-refractivity contribution < 1.29 is 13.2 Å². The van der Waals surface area contributed by atoms with Gasteiger partial charge in [-0.05, 0) is 107 Å². The van der Waals surface area contributed by atoms with Gasteiger partial charge in [-0.15, -0.1) is 0 Å². The first kappa shape index (κ1) is 29.2. The van der Waals surface area contributed by atoms with Crippen molar-refractivity contribution in [1.82, 2.24) is 9.80 Å². The summed E-state index contributed by atoms with van der Waals surface area (Å²) in [4.78, 5) is 6.59. The fourth-order valence-corrected chi connectivity index (χ4v) is 7.53. The van der Waals surface area contributed by atoms with Crippen LogP contribution in [0.1, 0.15) is 80.7 Å². The highest BCUT2D eigenvalue weighted by Gasteiger charge is 2.36.